The molecule has 2 aromatic carbocycles. The lowest BCUT2D eigenvalue weighted by atomic mass is 10.1. The van der Waals surface area contributed by atoms with Crippen molar-refractivity contribution in [3.63, 3.8) is 0 Å². The van der Waals surface area contributed by atoms with Crippen LogP contribution in [-0.4, -0.2) is 18.0 Å². The van der Waals surface area contributed by atoms with E-state index in [1.807, 2.05) is 0 Å². The number of ether oxygens (including phenoxy) is 1. The molecule has 0 fully saturated rings. The second-order valence-corrected chi connectivity index (χ2v) is 6.93. The lowest BCUT2D eigenvalue weighted by Crippen LogP contribution is -2.30. The van der Waals surface area contributed by atoms with Gasteiger partial charge < -0.3 is 10.1 Å². The molecule has 0 radical (unpaired) electrons. The van der Waals surface area contributed by atoms with Crippen LogP contribution in [0.25, 0.3) is 10.1 Å². The summed E-state index contributed by atoms with van der Waals surface area (Å²) < 4.78 is 58.3. The van der Waals surface area contributed by atoms with E-state index in [2.05, 4.69) is 5.32 Å². The first-order chi connectivity index (χ1) is 13.2. The zero-order chi connectivity index (χ0) is 20.5. The molecule has 0 aliphatic carbocycles. The Bertz CT molecular complexity index is 1050. The van der Waals surface area contributed by atoms with Crippen LogP contribution in [0.3, 0.4) is 0 Å². The van der Waals surface area contributed by atoms with E-state index < -0.39 is 41.2 Å². The summed E-state index contributed by atoms with van der Waals surface area (Å²) in [6, 6.07) is 10.2. The van der Waals surface area contributed by atoms with Crippen molar-refractivity contribution in [1.29, 1.82) is 0 Å². The molecule has 1 amide bonds. The first kappa shape index (κ1) is 19.8. The summed E-state index contributed by atoms with van der Waals surface area (Å²) in [5.41, 5.74) is -1.45. The Balaban J connectivity index is 1.72. The number of fused-ring (bicyclic) bond motifs is 1. The third-order valence-electron chi connectivity index (χ3n) is 3.85. The molecule has 0 aliphatic rings. The average Bonchev–Trinajstić information content (AvgIpc) is 3.07. The second kappa shape index (κ2) is 7.59. The predicted octanol–water partition coefficient (Wildman–Crippen LogP) is 5.24. The number of nitrogens with one attached hydrogen (secondary N) is 1. The average molecular weight is 411 g/mol. The van der Waals surface area contributed by atoms with Crippen molar-refractivity contribution in [2.24, 2.45) is 0 Å². The molecule has 0 saturated carbocycles. The van der Waals surface area contributed by atoms with Gasteiger partial charge in [-0.2, -0.15) is 13.2 Å². The zero-order valence-corrected chi connectivity index (χ0v) is 15.2. The van der Waals surface area contributed by atoms with Crippen LogP contribution in [0.4, 0.5) is 23.2 Å². The van der Waals surface area contributed by atoms with Gasteiger partial charge >= 0.3 is 12.1 Å². The van der Waals surface area contributed by atoms with Gasteiger partial charge in [0.25, 0.3) is 5.91 Å². The van der Waals surface area contributed by atoms with Crippen molar-refractivity contribution >= 4 is 39.0 Å². The van der Waals surface area contributed by atoms with Crippen LogP contribution in [-0.2, 0) is 15.7 Å². The summed E-state index contributed by atoms with van der Waals surface area (Å²) in [6.07, 6.45) is -6.01. The fourth-order valence-corrected chi connectivity index (χ4v) is 3.43. The summed E-state index contributed by atoms with van der Waals surface area (Å²) >= 11 is 0.988. The molecule has 1 aromatic heterocycles. The first-order valence-electron chi connectivity index (χ1n) is 8.03. The van der Waals surface area contributed by atoms with Crippen LogP contribution in [0.15, 0.2) is 48.5 Å². The maximum Gasteiger partial charge on any atom is 0.418 e. The monoisotopic (exact) mass is 411 g/mol. The molecule has 0 spiro atoms. The molecule has 0 unspecified atom stereocenters. The number of benzene rings is 2. The summed E-state index contributed by atoms with van der Waals surface area (Å²) in [5, 5.41) is 2.36. The van der Waals surface area contributed by atoms with Crippen LogP contribution in [0, 0.1) is 5.82 Å². The fraction of sp³-hybridized carbons (Fsp3) is 0.158. The summed E-state index contributed by atoms with van der Waals surface area (Å²) in [5.74, 6) is -2.29. The molecule has 0 bridgehead atoms. The molecule has 9 heteroatoms. The van der Waals surface area contributed by atoms with Gasteiger partial charge in [0.15, 0.2) is 6.10 Å². The molecule has 1 atom stereocenters. The van der Waals surface area contributed by atoms with Crippen LogP contribution < -0.4 is 5.32 Å². The summed E-state index contributed by atoms with van der Waals surface area (Å²) in [6.45, 7) is 1.23. The Kier molecular flexibility index (Phi) is 5.37. The number of carbonyl (C=O) groups excluding carboxylic acids is 2. The molecule has 4 nitrogen and oxygen atoms in total. The summed E-state index contributed by atoms with van der Waals surface area (Å²) in [7, 11) is 0. The van der Waals surface area contributed by atoms with Gasteiger partial charge in [-0.15, -0.1) is 11.3 Å². The van der Waals surface area contributed by atoms with E-state index in [9.17, 15) is 27.2 Å². The van der Waals surface area contributed by atoms with E-state index in [0.717, 1.165) is 23.5 Å². The van der Waals surface area contributed by atoms with Crippen molar-refractivity contribution in [3.05, 3.63) is 64.8 Å². The fourth-order valence-electron chi connectivity index (χ4n) is 2.47. The van der Waals surface area contributed by atoms with Gasteiger partial charge in [-0.3, -0.25) is 4.79 Å². The number of hydrogen-bond acceptors (Lipinski definition) is 4. The molecule has 0 saturated heterocycles. The van der Waals surface area contributed by atoms with Gasteiger partial charge in [0.2, 0.25) is 0 Å². The lowest BCUT2D eigenvalue weighted by molar-refractivity contribution is -0.137. The minimum absolute atomic E-state index is 0.0791. The number of para-hydroxylation sites is 1. The number of anilines is 1. The first-order valence-corrected chi connectivity index (χ1v) is 8.84. The van der Waals surface area contributed by atoms with Crippen molar-refractivity contribution in [2.75, 3.05) is 5.32 Å². The maximum atomic E-state index is 13.7. The maximum absolute atomic E-state index is 13.7. The number of carbonyl (C=O) groups is 2. The topological polar surface area (TPSA) is 55.4 Å². The predicted molar refractivity (Wildman–Crippen MR) is 96.7 cm³/mol. The van der Waals surface area contributed by atoms with Crippen LogP contribution in [0.2, 0.25) is 0 Å². The number of hydrogen-bond donors (Lipinski definition) is 1. The normalized spacial score (nSPS) is 12.6. The highest BCUT2D eigenvalue weighted by molar-refractivity contribution is 7.20. The quantitative estimate of drug-likeness (QED) is 0.472. The molecule has 1 heterocycles. The molecular formula is C19H13F4NO3S. The minimum Gasteiger partial charge on any atom is -0.448 e. The van der Waals surface area contributed by atoms with Gasteiger partial charge in [0.05, 0.1) is 11.3 Å². The lowest BCUT2D eigenvalue weighted by Gasteiger charge is -2.16. The number of esters is 1. The third-order valence-corrected chi connectivity index (χ3v) is 4.93. The van der Waals surface area contributed by atoms with E-state index in [4.69, 9.17) is 4.74 Å². The van der Waals surface area contributed by atoms with Crippen molar-refractivity contribution in [3.8, 4) is 0 Å². The Morgan fingerprint density at radius 1 is 1.11 bits per heavy atom. The van der Waals surface area contributed by atoms with Crippen molar-refractivity contribution in [1.82, 2.24) is 0 Å². The van der Waals surface area contributed by atoms with E-state index >= 15 is 0 Å². The number of amides is 1. The van der Waals surface area contributed by atoms with E-state index in [1.54, 1.807) is 6.07 Å². The van der Waals surface area contributed by atoms with Crippen LogP contribution in [0.5, 0.6) is 0 Å². The zero-order valence-electron chi connectivity index (χ0n) is 14.3. The third kappa shape index (κ3) is 4.14. The summed E-state index contributed by atoms with van der Waals surface area (Å²) in [4.78, 5) is 24.5. The Labute approximate surface area is 160 Å². The van der Waals surface area contributed by atoms with Crippen molar-refractivity contribution in [2.45, 2.75) is 19.2 Å². The molecule has 1 N–H and O–H groups in total. The number of alkyl halides is 3. The van der Waals surface area contributed by atoms with E-state index in [-0.39, 0.29) is 10.3 Å². The minimum atomic E-state index is -4.65. The number of thiophene rings is 1. The number of rotatable bonds is 4. The highest BCUT2D eigenvalue weighted by Crippen LogP contribution is 2.34. The molecule has 146 valence electrons. The standard InChI is InChI=1S/C19H13F4NO3S/c1-10(17(25)24-14-7-3-2-5-12(14)19(21,22)23)27-18(26)16-9-11-13(20)6-4-8-15(11)28-16/h2-10H,1H3,(H,24,25)/t10-/m0/s1. The van der Waals surface area contributed by atoms with Crippen LogP contribution >= 0.6 is 11.3 Å². The number of halogens is 4. The molecule has 28 heavy (non-hydrogen) atoms. The van der Waals surface area contributed by atoms with Gasteiger partial charge in [0.1, 0.15) is 10.7 Å². The smallest absolute Gasteiger partial charge is 0.418 e. The van der Waals surface area contributed by atoms with Crippen molar-refractivity contribution < 1.29 is 31.9 Å². The Morgan fingerprint density at radius 3 is 2.50 bits per heavy atom. The highest BCUT2D eigenvalue weighted by Gasteiger charge is 2.34. The van der Waals surface area contributed by atoms with Gasteiger partial charge in [0, 0.05) is 10.1 Å². The molecular weight excluding hydrogens is 398 g/mol. The highest BCUT2D eigenvalue weighted by atomic mass is 32.1. The van der Waals surface area contributed by atoms with Gasteiger partial charge in [-0.25, -0.2) is 9.18 Å². The van der Waals surface area contributed by atoms with Gasteiger partial charge in [-0.05, 0) is 37.3 Å². The van der Waals surface area contributed by atoms with E-state index in [1.165, 1.54) is 37.3 Å². The van der Waals surface area contributed by atoms with E-state index in [0.29, 0.717) is 4.70 Å². The Hall–Kier alpha value is -2.94. The van der Waals surface area contributed by atoms with Crippen LogP contribution in [0.1, 0.15) is 22.2 Å². The second-order valence-electron chi connectivity index (χ2n) is 5.84. The molecule has 3 aromatic rings. The Morgan fingerprint density at radius 2 is 1.82 bits per heavy atom. The SMILES string of the molecule is C[C@H](OC(=O)c1cc2c(F)cccc2s1)C(=O)Nc1ccccc1C(F)(F)F. The largest absolute Gasteiger partial charge is 0.448 e. The van der Waals surface area contributed by atoms with Gasteiger partial charge in [-0.1, -0.05) is 18.2 Å². The molecule has 3 rings (SSSR count). The molecule has 0 aliphatic heterocycles.